The molecule has 0 aliphatic rings. The second kappa shape index (κ2) is 5.07. The highest BCUT2D eigenvalue weighted by Crippen LogP contribution is 2.36. The number of carboxylic acid groups (broad SMARTS) is 1. The van der Waals surface area contributed by atoms with E-state index in [9.17, 15) is 18.0 Å². The third kappa shape index (κ3) is 3.37. The highest BCUT2D eigenvalue weighted by Gasteiger charge is 2.34. The Labute approximate surface area is 95.8 Å². The Balaban J connectivity index is 3.16. The van der Waals surface area contributed by atoms with Crippen molar-refractivity contribution in [2.75, 3.05) is 7.11 Å². The van der Waals surface area contributed by atoms with Crippen molar-refractivity contribution in [2.24, 2.45) is 0 Å². The van der Waals surface area contributed by atoms with Crippen LogP contribution in [0.25, 0.3) is 0 Å². The highest BCUT2D eigenvalue weighted by atomic mass is 19.4. The van der Waals surface area contributed by atoms with Gasteiger partial charge in [0.1, 0.15) is 5.75 Å². The third-order valence-electron chi connectivity index (χ3n) is 2.25. The molecule has 0 radical (unpaired) electrons. The Bertz CT molecular complexity index is 413. The minimum atomic E-state index is -4.51. The first-order chi connectivity index (χ1) is 7.86. The number of methoxy groups -OCH3 is 1. The number of benzene rings is 1. The van der Waals surface area contributed by atoms with Crippen molar-refractivity contribution < 1.29 is 27.8 Å². The fraction of sp³-hybridized carbons (Fsp3) is 0.364. The van der Waals surface area contributed by atoms with Crippen LogP contribution in [-0.4, -0.2) is 18.2 Å². The summed E-state index contributed by atoms with van der Waals surface area (Å²) in [6.07, 6.45) is -5.10. The normalized spacial score (nSPS) is 11.3. The number of carboxylic acids is 1. The lowest BCUT2D eigenvalue weighted by molar-refractivity contribution is -0.140. The molecule has 3 nitrogen and oxygen atoms in total. The quantitative estimate of drug-likeness (QED) is 0.891. The number of ether oxygens (including phenoxy) is 1. The molecule has 0 aliphatic carbocycles. The minimum absolute atomic E-state index is 0.0566. The molecule has 0 saturated carbocycles. The zero-order chi connectivity index (χ0) is 13.1. The molecule has 0 heterocycles. The van der Waals surface area contributed by atoms with Crippen molar-refractivity contribution in [2.45, 2.75) is 19.0 Å². The molecule has 94 valence electrons. The fourth-order valence-electron chi connectivity index (χ4n) is 1.51. The van der Waals surface area contributed by atoms with E-state index in [1.54, 1.807) is 0 Å². The van der Waals surface area contributed by atoms with Gasteiger partial charge in [-0.25, -0.2) is 0 Å². The number of carbonyl (C=O) groups is 1. The van der Waals surface area contributed by atoms with Gasteiger partial charge in [-0.15, -0.1) is 0 Å². The molecule has 1 rings (SSSR count). The first-order valence-electron chi connectivity index (χ1n) is 4.81. The lowest BCUT2D eigenvalue weighted by atomic mass is 10.0. The van der Waals surface area contributed by atoms with Crippen LogP contribution in [0.15, 0.2) is 18.2 Å². The van der Waals surface area contributed by atoms with Gasteiger partial charge in [0.05, 0.1) is 12.7 Å². The van der Waals surface area contributed by atoms with Gasteiger partial charge < -0.3 is 9.84 Å². The highest BCUT2D eigenvalue weighted by molar-refractivity contribution is 5.67. The Hall–Kier alpha value is -1.72. The number of halogens is 3. The third-order valence-corrected chi connectivity index (χ3v) is 2.25. The van der Waals surface area contributed by atoms with E-state index in [4.69, 9.17) is 9.84 Å². The average Bonchev–Trinajstić information content (AvgIpc) is 2.24. The molecule has 0 spiro atoms. The Morgan fingerprint density at radius 3 is 2.53 bits per heavy atom. The number of aliphatic carboxylic acids is 1. The molecule has 0 aliphatic heterocycles. The largest absolute Gasteiger partial charge is 0.496 e. The lowest BCUT2D eigenvalue weighted by Crippen LogP contribution is -2.11. The van der Waals surface area contributed by atoms with E-state index >= 15 is 0 Å². The molecule has 0 fully saturated rings. The van der Waals surface area contributed by atoms with E-state index in [0.717, 1.165) is 6.07 Å². The predicted octanol–water partition coefficient (Wildman–Crippen LogP) is 2.73. The Kier molecular flexibility index (Phi) is 3.98. The molecule has 6 heteroatoms. The molecule has 0 bridgehead atoms. The van der Waals surface area contributed by atoms with Crippen LogP contribution in [0.2, 0.25) is 0 Å². The van der Waals surface area contributed by atoms with Gasteiger partial charge in [0, 0.05) is 12.0 Å². The summed E-state index contributed by atoms with van der Waals surface area (Å²) >= 11 is 0. The van der Waals surface area contributed by atoms with Crippen LogP contribution in [0.5, 0.6) is 5.75 Å². The second-order valence-corrected chi connectivity index (χ2v) is 3.38. The second-order valence-electron chi connectivity index (χ2n) is 3.38. The van der Waals surface area contributed by atoms with Crippen LogP contribution >= 0.6 is 0 Å². The first-order valence-corrected chi connectivity index (χ1v) is 4.81. The summed E-state index contributed by atoms with van der Waals surface area (Å²) < 4.78 is 42.9. The maximum Gasteiger partial charge on any atom is 0.416 e. The molecule has 0 unspecified atom stereocenters. The fourth-order valence-corrected chi connectivity index (χ4v) is 1.51. The van der Waals surface area contributed by atoms with E-state index in [1.165, 1.54) is 19.2 Å². The van der Waals surface area contributed by atoms with Gasteiger partial charge in [-0.2, -0.15) is 13.2 Å². The van der Waals surface area contributed by atoms with E-state index < -0.39 is 17.7 Å². The van der Waals surface area contributed by atoms with Crippen molar-refractivity contribution in [1.82, 2.24) is 0 Å². The van der Waals surface area contributed by atoms with Gasteiger partial charge in [-0.3, -0.25) is 4.79 Å². The summed E-state index contributed by atoms with van der Waals surface area (Å²) in [5.41, 5.74) is -0.969. The van der Waals surface area contributed by atoms with Crippen molar-refractivity contribution in [3.05, 3.63) is 29.3 Å². The van der Waals surface area contributed by atoms with E-state index in [0.29, 0.717) is 0 Å². The standard InChI is InChI=1S/C11H11F3O3/c1-17-9-4-2-3-8(11(12,13)14)7(9)5-6-10(15)16/h2-4H,5-6H2,1H3,(H,15,16). The molecule has 0 amide bonds. The lowest BCUT2D eigenvalue weighted by Gasteiger charge is -2.15. The molecular formula is C11H11F3O3. The van der Waals surface area contributed by atoms with Gasteiger partial charge in [0.2, 0.25) is 0 Å². The molecule has 0 atom stereocenters. The Morgan fingerprint density at radius 1 is 1.41 bits per heavy atom. The van der Waals surface area contributed by atoms with Crippen molar-refractivity contribution in [1.29, 1.82) is 0 Å². The summed E-state index contributed by atoms with van der Waals surface area (Å²) in [7, 11) is 1.25. The van der Waals surface area contributed by atoms with Crippen molar-refractivity contribution in [3.8, 4) is 5.75 Å². The van der Waals surface area contributed by atoms with Crippen molar-refractivity contribution >= 4 is 5.97 Å². The van der Waals surface area contributed by atoms with Crippen LogP contribution in [0.3, 0.4) is 0 Å². The summed E-state index contributed by atoms with van der Waals surface area (Å²) in [5, 5.41) is 8.51. The molecule has 1 N–H and O–H groups in total. The number of rotatable bonds is 4. The van der Waals surface area contributed by atoms with Crippen LogP contribution in [0.4, 0.5) is 13.2 Å². The smallest absolute Gasteiger partial charge is 0.416 e. The molecule has 1 aromatic carbocycles. The van der Waals surface area contributed by atoms with Gasteiger partial charge in [-0.05, 0) is 18.6 Å². The van der Waals surface area contributed by atoms with Crippen LogP contribution < -0.4 is 4.74 Å². The topological polar surface area (TPSA) is 46.5 Å². The summed E-state index contributed by atoms with van der Waals surface area (Å²) in [4.78, 5) is 10.4. The predicted molar refractivity (Wildman–Crippen MR) is 54.0 cm³/mol. The SMILES string of the molecule is COc1cccc(C(F)(F)F)c1CCC(=O)O. The monoisotopic (exact) mass is 248 g/mol. The average molecular weight is 248 g/mol. The molecule has 1 aromatic rings. The van der Waals surface area contributed by atoms with Gasteiger partial charge >= 0.3 is 12.1 Å². The maximum atomic E-state index is 12.7. The molecular weight excluding hydrogens is 237 g/mol. The molecule has 17 heavy (non-hydrogen) atoms. The van der Waals surface area contributed by atoms with Crippen LogP contribution in [0.1, 0.15) is 17.5 Å². The number of hydrogen-bond donors (Lipinski definition) is 1. The van der Waals surface area contributed by atoms with Gasteiger partial charge in [0.25, 0.3) is 0 Å². The summed E-state index contributed by atoms with van der Waals surface area (Å²) in [6.45, 7) is 0. The molecule has 0 aromatic heterocycles. The summed E-state index contributed by atoms with van der Waals surface area (Å²) in [5.74, 6) is -1.09. The Morgan fingerprint density at radius 2 is 2.06 bits per heavy atom. The summed E-state index contributed by atoms with van der Waals surface area (Å²) in [6, 6.07) is 3.53. The zero-order valence-corrected chi connectivity index (χ0v) is 9.04. The first kappa shape index (κ1) is 13.3. The van der Waals surface area contributed by atoms with Crippen LogP contribution in [0, 0.1) is 0 Å². The van der Waals surface area contributed by atoms with E-state index in [-0.39, 0.29) is 24.2 Å². The minimum Gasteiger partial charge on any atom is -0.496 e. The van der Waals surface area contributed by atoms with Gasteiger partial charge in [-0.1, -0.05) is 6.07 Å². The van der Waals surface area contributed by atoms with Crippen molar-refractivity contribution in [3.63, 3.8) is 0 Å². The van der Waals surface area contributed by atoms with E-state index in [1.807, 2.05) is 0 Å². The number of hydrogen-bond acceptors (Lipinski definition) is 2. The maximum absolute atomic E-state index is 12.7. The number of alkyl halides is 3. The zero-order valence-electron chi connectivity index (χ0n) is 9.04. The molecule has 0 saturated heterocycles. The van der Waals surface area contributed by atoms with Gasteiger partial charge in [0.15, 0.2) is 0 Å². The van der Waals surface area contributed by atoms with Crippen LogP contribution in [-0.2, 0) is 17.4 Å². The van der Waals surface area contributed by atoms with E-state index in [2.05, 4.69) is 0 Å².